The predicted molar refractivity (Wildman–Crippen MR) is 164 cm³/mol. The second kappa shape index (κ2) is 13.9. The van der Waals surface area contributed by atoms with E-state index in [4.69, 9.17) is 34.8 Å². The number of nitrogens with zero attached hydrogens (tertiary/aromatic N) is 1. The minimum atomic E-state index is -4.98. The SMILES string of the molecule is C=C(C)c1ccc(/C(F)=C/C(c2cc(Cl)c(Cl)c(Cl)c2)C(F)(F)F)cc1C(F)(F)C(C)C(C)C(=C)N(CC)CC(C)(C)F. The van der Waals surface area contributed by atoms with Crippen LogP contribution >= 0.6 is 34.8 Å². The molecular weight excluding hydrogens is 638 g/mol. The fourth-order valence-corrected chi connectivity index (χ4v) is 5.34. The second-order valence-electron chi connectivity index (χ2n) is 11.3. The van der Waals surface area contributed by atoms with E-state index < -0.39 is 58.0 Å². The van der Waals surface area contributed by atoms with E-state index in [2.05, 4.69) is 13.2 Å². The minimum Gasteiger partial charge on any atom is -0.372 e. The van der Waals surface area contributed by atoms with Crippen molar-refractivity contribution < 1.29 is 30.7 Å². The third-order valence-electron chi connectivity index (χ3n) is 7.35. The monoisotopic (exact) mass is 671 g/mol. The van der Waals surface area contributed by atoms with Crippen molar-refractivity contribution in [2.75, 3.05) is 13.1 Å². The van der Waals surface area contributed by atoms with Crippen molar-refractivity contribution in [3.63, 3.8) is 0 Å². The van der Waals surface area contributed by atoms with Gasteiger partial charge in [0.15, 0.2) is 0 Å². The Labute approximate surface area is 264 Å². The molecule has 1 nitrogen and oxygen atoms in total. The summed E-state index contributed by atoms with van der Waals surface area (Å²) in [6.45, 7) is 16.8. The van der Waals surface area contributed by atoms with Crippen LogP contribution in [0.15, 0.2) is 55.3 Å². The molecule has 3 unspecified atom stereocenters. The maximum Gasteiger partial charge on any atom is 0.399 e. The van der Waals surface area contributed by atoms with E-state index >= 15 is 13.2 Å². The Balaban J connectivity index is 2.62. The molecule has 2 rings (SSSR count). The molecule has 11 heteroatoms. The molecule has 0 aliphatic heterocycles. The van der Waals surface area contributed by atoms with Gasteiger partial charge in [-0.1, -0.05) is 79.5 Å². The van der Waals surface area contributed by atoms with Gasteiger partial charge in [-0.15, -0.1) is 0 Å². The smallest absolute Gasteiger partial charge is 0.372 e. The highest BCUT2D eigenvalue weighted by atomic mass is 35.5. The average molecular weight is 673 g/mol. The molecule has 0 N–H and O–H groups in total. The van der Waals surface area contributed by atoms with E-state index in [1.165, 1.54) is 40.7 Å². The molecule has 3 atom stereocenters. The summed E-state index contributed by atoms with van der Waals surface area (Å²) in [5, 5.41) is -0.691. The molecule has 238 valence electrons. The lowest BCUT2D eigenvalue weighted by Gasteiger charge is -2.37. The van der Waals surface area contributed by atoms with Crippen LogP contribution in [0.3, 0.4) is 0 Å². The van der Waals surface area contributed by atoms with Crippen molar-refractivity contribution in [2.24, 2.45) is 11.8 Å². The van der Waals surface area contributed by atoms with E-state index in [1.807, 2.05) is 0 Å². The molecule has 0 fully saturated rings. The van der Waals surface area contributed by atoms with Crippen LogP contribution in [-0.2, 0) is 5.92 Å². The van der Waals surface area contributed by atoms with Crippen LogP contribution in [0.2, 0.25) is 15.1 Å². The molecule has 2 aromatic carbocycles. The zero-order valence-electron chi connectivity index (χ0n) is 24.8. The number of allylic oxidation sites excluding steroid dienone is 3. The first-order chi connectivity index (χ1) is 19.5. The molecule has 0 spiro atoms. The molecule has 0 aliphatic carbocycles. The Morgan fingerprint density at radius 2 is 1.49 bits per heavy atom. The Kier molecular flexibility index (Phi) is 11.9. The zero-order valence-corrected chi connectivity index (χ0v) is 27.0. The predicted octanol–water partition coefficient (Wildman–Crippen LogP) is 12.3. The lowest BCUT2D eigenvalue weighted by Crippen LogP contribution is -2.39. The first-order valence-corrected chi connectivity index (χ1v) is 14.6. The fourth-order valence-electron chi connectivity index (χ4n) is 4.72. The topological polar surface area (TPSA) is 3.24 Å². The van der Waals surface area contributed by atoms with Gasteiger partial charge in [-0.2, -0.15) is 13.2 Å². The first-order valence-electron chi connectivity index (χ1n) is 13.4. The van der Waals surface area contributed by atoms with Crippen molar-refractivity contribution in [1.82, 2.24) is 4.90 Å². The van der Waals surface area contributed by atoms with Crippen molar-refractivity contribution in [3.05, 3.63) is 92.6 Å². The van der Waals surface area contributed by atoms with Crippen molar-refractivity contribution in [1.29, 1.82) is 0 Å². The molecule has 0 radical (unpaired) electrons. The number of hydrogen-bond acceptors (Lipinski definition) is 1. The fraction of sp³-hybridized carbons (Fsp3) is 0.438. The average Bonchev–Trinajstić information content (AvgIpc) is 2.89. The van der Waals surface area contributed by atoms with E-state index in [0.29, 0.717) is 12.2 Å². The third kappa shape index (κ3) is 8.95. The molecule has 0 aliphatic rings. The molecule has 0 saturated heterocycles. The Hall–Kier alpha value is -2.16. The standard InChI is InChI=1S/C32H35Cl3F7N/c1-9-43(16-30(7,8)37)20(6)18(4)19(5)31(38,39)25-12-21(10-11-23(25)17(2)3)28(36)15-24(32(40,41)42)22-13-26(33)29(35)27(34)14-22/h10-15,18-19,24H,2,6,9,16H2,1,3-5,7-8H3/b28-15-. The van der Waals surface area contributed by atoms with E-state index in [9.17, 15) is 17.6 Å². The highest BCUT2D eigenvalue weighted by Crippen LogP contribution is 2.46. The van der Waals surface area contributed by atoms with Crippen molar-refractivity contribution in [2.45, 2.75) is 65.2 Å². The third-order valence-corrected chi connectivity index (χ3v) is 8.54. The summed E-state index contributed by atoms with van der Waals surface area (Å²) in [5.74, 6) is -9.78. The lowest BCUT2D eigenvalue weighted by molar-refractivity contribution is -0.139. The number of benzene rings is 2. The summed E-state index contributed by atoms with van der Waals surface area (Å²) in [7, 11) is 0. The summed E-state index contributed by atoms with van der Waals surface area (Å²) < 4.78 is 105. The van der Waals surface area contributed by atoms with Crippen molar-refractivity contribution >= 4 is 46.2 Å². The largest absolute Gasteiger partial charge is 0.399 e. The van der Waals surface area contributed by atoms with E-state index in [0.717, 1.165) is 24.3 Å². The van der Waals surface area contributed by atoms with Gasteiger partial charge in [0.1, 0.15) is 17.4 Å². The highest BCUT2D eigenvalue weighted by molar-refractivity contribution is 6.48. The second-order valence-corrected chi connectivity index (χ2v) is 12.5. The van der Waals surface area contributed by atoms with Crippen LogP contribution in [0, 0.1) is 11.8 Å². The van der Waals surface area contributed by atoms with Gasteiger partial charge in [-0.25, -0.2) is 17.6 Å². The number of rotatable bonds is 12. The van der Waals surface area contributed by atoms with Gasteiger partial charge in [0, 0.05) is 35.2 Å². The van der Waals surface area contributed by atoms with E-state index in [-0.39, 0.29) is 38.8 Å². The Morgan fingerprint density at radius 1 is 0.953 bits per heavy atom. The zero-order chi connectivity index (χ0) is 33.2. The van der Waals surface area contributed by atoms with Gasteiger partial charge >= 0.3 is 6.18 Å². The lowest BCUT2D eigenvalue weighted by atomic mass is 9.81. The maximum absolute atomic E-state index is 16.2. The molecule has 0 bridgehead atoms. The molecule has 0 heterocycles. The van der Waals surface area contributed by atoms with Crippen molar-refractivity contribution in [3.8, 4) is 0 Å². The molecule has 0 aromatic heterocycles. The van der Waals surface area contributed by atoms with Gasteiger partial charge < -0.3 is 4.90 Å². The molecule has 0 saturated carbocycles. The maximum atomic E-state index is 16.2. The minimum absolute atomic E-state index is 0.0205. The summed E-state index contributed by atoms with van der Waals surface area (Å²) in [6.07, 6.45) is -4.70. The molecule has 43 heavy (non-hydrogen) atoms. The first kappa shape index (κ1) is 37.0. The van der Waals surface area contributed by atoms with Crippen LogP contribution in [0.25, 0.3) is 11.4 Å². The van der Waals surface area contributed by atoms with Crippen LogP contribution in [-0.4, -0.2) is 29.8 Å². The Bertz CT molecular complexity index is 1350. The number of hydrogen-bond donors (Lipinski definition) is 0. The number of halogens is 10. The van der Waals surface area contributed by atoms with Gasteiger partial charge in [0.05, 0.1) is 21.6 Å². The van der Waals surface area contributed by atoms with Gasteiger partial charge in [-0.05, 0) is 63.1 Å². The van der Waals surface area contributed by atoms with Crippen LogP contribution < -0.4 is 0 Å². The van der Waals surface area contributed by atoms with Gasteiger partial charge in [-0.3, -0.25) is 0 Å². The van der Waals surface area contributed by atoms with Crippen LogP contribution in [0.4, 0.5) is 30.7 Å². The van der Waals surface area contributed by atoms with Crippen LogP contribution in [0.5, 0.6) is 0 Å². The molecule has 0 amide bonds. The summed E-state index contributed by atoms with van der Waals surface area (Å²) in [5.41, 5.74) is -2.62. The highest BCUT2D eigenvalue weighted by Gasteiger charge is 2.45. The quantitative estimate of drug-likeness (QED) is 0.160. The molecule has 2 aromatic rings. The Morgan fingerprint density at radius 3 is 1.93 bits per heavy atom. The number of alkyl halides is 6. The van der Waals surface area contributed by atoms with Crippen LogP contribution in [0.1, 0.15) is 69.7 Å². The normalized spacial score (nSPS) is 15.2. The molecular formula is C32H35Cl3F7N. The summed E-state index contributed by atoms with van der Waals surface area (Å²) in [4.78, 5) is 1.59. The van der Waals surface area contributed by atoms with Gasteiger partial charge in [0.2, 0.25) is 0 Å². The summed E-state index contributed by atoms with van der Waals surface area (Å²) in [6, 6.07) is 4.98. The van der Waals surface area contributed by atoms with Gasteiger partial charge in [0.25, 0.3) is 5.92 Å². The van der Waals surface area contributed by atoms with E-state index in [1.54, 1.807) is 11.8 Å². The summed E-state index contributed by atoms with van der Waals surface area (Å²) >= 11 is 17.7.